The minimum Gasteiger partial charge on any atom is -0.462 e. The van der Waals surface area contributed by atoms with Crippen LogP contribution in [0.1, 0.15) is 46.5 Å². The number of hydrogen-bond donors (Lipinski definition) is 2. The van der Waals surface area contributed by atoms with E-state index in [1.165, 1.54) is 0 Å². The Morgan fingerprint density at radius 3 is 2.81 bits per heavy atom. The molecule has 0 spiro atoms. The topological polar surface area (TPSA) is 93.1 Å². The molecule has 0 aromatic rings. The van der Waals surface area contributed by atoms with Gasteiger partial charge >= 0.3 is 11.9 Å². The van der Waals surface area contributed by atoms with Crippen LogP contribution >= 0.6 is 0 Å². The van der Waals surface area contributed by atoms with Crippen molar-refractivity contribution < 1.29 is 29.3 Å². The molecule has 2 N–H and O–H groups in total. The van der Waals surface area contributed by atoms with Crippen molar-refractivity contribution in [3.05, 3.63) is 23.3 Å². The van der Waals surface area contributed by atoms with E-state index >= 15 is 0 Å². The molecule has 1 saturated heterocycles. The maximum Gasteiger partial charge on any atom is 0.309 e. The fourth-order valence-corrected chi connectivity index (χ4v) is 3.61. The lowest BCUT2D eigenvalue weighted by molar-refractivity contribution is -0.154. The zero-order valence-electron chi connectivity index (χ0n) is 15.8. The van der Waals surface area contributed by atoms with Crippen LogP contribution in [-0.2, 0) is 19.1 Å². The molecule has 0 bridgehead atoms. The van der Waals surface area contributed by atoms with Crippen LogP contribution in [0, 0.1) is 17.8 Å². The van der Waals surface area contributed by atoms with E-state index in [-0.39, 0.29) is 43.4 Å². The van der Waals surface area contributed by atoms with Gasteiger partial charge in [0, 0.05) is 13.0 Å². The first-order valence-corrected chi connectivity index (χ1v) is 9.32. The summed E-state index contributed by atoms with van der Waals surface area (Å²) in [5.41, 5.74) is 1.91. The molecule has 1 heterocycles. The summed E-state index contributed by atoms with van der Waals surface area (Å²) in [5, 5.41) is 18.7. The van der Waals surface area contributed by atoms with Gasteiger partial charge < -0.3 is 19.7 Å². The third kappa shape index (κ3) is 5.17. The average Bonchev–Trinajstić information content (AvgIpc) is 2.86. The molecular formula is C20H30O6. The number of aliphatic hydroxyl groups excluding tert-OH is 2. The predicted molar refractivity (Wildman–Crippen MR) is 96.1 cm³/mol. The quantitative estimate of drug-likeness (QED) is 0.572. The zero-order chi connectivity index (χ0) is 19.3. The van der Waals surface area contributed by atoms with Crippen LogP contribution in [0.3, 0.4) is 0 Å². The third-order valence-electron chi connectivity index (χ3n) is 5.20. The van der Waals surface area contributed by atoms with Gasteiger partial charge in [-0.2, -0.15) is 0 Å². The summed E-state index contributed by atoms with van der Waals surface area (Å²) in [6.07, 6.45) is 5.09. The van der Waals surface area contributed by atoms with E-state index in [1.54, 1.807) is 13.8 Å². The summed E-state index contributed by atoms with van der Waals surface area (Å²) in [5.74, 6) is -1.54. The standard InChI is InChI=1S/C20H30O6/c1-12-5-4-6-15(11-22)9-17-19(14(3)20(24)26-17)16(7-12)25-18(23)8-13(2)10-21/h5,9,13-14,16-17,19,21-22H,4,6-8,10-11H2,1-3H3/b12-5+,15-9-/t13-,14-,16-,17+,19+/m0/s1. The summed E-state index contributed by atoms with van der Waals surface area (Å²) in [6.45, 7) is 5.40. The Balaban J connectivity index is 2.29. The van der Waals surface area contributed by atoms with Crippen LogP contribution in [0.4, 0.5) is 0 Å². The van der Waals surface area contributed by atoms with Crippen LogP contribution in [-0.4, -0.2) is 47.6 Å². The van der Waals surface area contributed by atoms with Crippen molar-refractivity contribution in [2.24, 2.45) is 17.8 Å². The monoisotopic (exact) mass is 366 g/mol. The second-order valence-corrected chi connectivity index (χ2v) is 7.56. The highest BCUT2D eigenvalue weighted by Gasteiger charge is 2.47. The number of esters is 2. The van der Waals surface area contributed by atoms with Crippen LogP contribution in [0.25, 0.3) is 0 Å². The minimum atomic E-state index is -0.501. The zero-order valence-corrected chi connectivity index (χ0v) is 15.8. The lowest BCUT2D eigenvalue weighted by Crippen LogP contribution is -2.36. The van der Waals surface area contributed by atoms with Crippen molar-refractivity contribution in [1.82, 2.24) is 0 Å². The average molecular weight is 366 g/mol. The van der Waals surface area contributed by atoms with Crippen LogP contribution in [0.2, 0.25) is 0 Å². The van der Waals surface area contributed by atoms with E-state index in [4.69, 9.17) is 14.6 Å². The molecule has 26 heavy (non-hydrogen) atoms. The van der Waals surface area contributed by atoms with Gasteiger partial charge in [0.15, 0.2) is 0 Å². The van der Waals surface area contributed by atoms with Gasteiger partial charge in [-0.15, -0.1) is 0 Å². The molecule has 1 fully saturated rings. The molecule has 1 aliphatic carbocycles. The number of ether oxygens (including phenoxy) is 2. The lowest BCUT2D eigenvalue weighted by atomic mass is 9.82. The minimum absolute atomic E-state index is 0.0780. The first-order chi connectivity index (χ1) is 12.3. The van der Waals surface area contributed by atoms with Gasteiger partial charge in [0.1, 0.15) is 12.2 Å². The molecule has 0 aromatic heterocycles. The highest BCUT2D eigenvalue weighted by molar-refractivity contribution is 5.76. The molecule has 0 unspecified atom stereocenters. The Hall–Kier alpha value is -1.66. The Morgan fingerprint density at radius 1 is 1.42 bits per heavy atom. The number of fused-ring (bicyclic) bond motifs is 1. The van der Waals surface area contributed by atoms with Crippen molar-refractivity contribution in [1.29, 1.82) is 0 Å². The number of carbonyl (C=O) groups excluding carboxylic acids is 2. The molecule has 0 saturated carbocycles. The lowest BCUT2D eigenvalue weighted by Gasteiger charge is -2.29. The van der Waals surface area contributed by atoms with Gasteiger partial charge in [-0.1, -0.05) is 25.5 Å². The second-order valence-electron chi connectivity index (χ2n) is 7.56. The second kappa shape index (κ2) is 9.33. The van der Waals surface area contributed by atoms with Gasteiger partial charge in [-0.05, 0) is 37.3 Å². The Kier molecular flexibility index (Phi) is 7.41. The molecule has 1 aliphatic heterocycles. The van der Waals surface area contributed by atoms with E-state index in [0.29, 0.717) is 12.8 Å². The fourth-order valence-electron chi connectivity index (χ4n) is 3.61. The maximum atomic E-state index is 12.3. The molecule has 6 heteroatoms. The smallest absolute Gasteiger partial charge is 0.309 e. The normalized spacial score (nSPS) is 34.6. The predicted octanol–water partition coefficient (Wildman–Crippen LogP) is 2.14. The van der Waals surface area contributed by atoms with Crippen molar-refractivity contribution >= 4 is 11.9 Å². The maximum absolute atomic E-state index is 12.3. The van der Waals surface area contributed by atoms with Crippen molar-refractivity contribution in [3.63, 3.8) is 0 Å². The molecule has 2 rings (SSSR count). The first-order valence-electron chi connectivity index (χ1n) is 9.32. The van der Waals surface area contributed by atoms with E-state index in [0.717, 1.165) is 17.6 Å². The molecule has 2 aliphatic rings. The number of rotatable bonds is 5. The first kappa shape index (κ1) is 20.6. The molecule has 146 valence electrons. The van der Waals surface area contributed by atoms with Crippen molar-refractivity contribution in [2.75, 3.05) is 13.2 Å². The van der Waals surface area contributed by atoms with Crippen molar-refractivity contribution in [3.8, 4) is 0 Å². The third-order valence-corrected chi connectivity index (χ3v) is 5.20. The summed E-state index contributed by atoms with van der Waals surface area (Å²) < 4.78 is 11.3. The number of carbonyl (C=O) groups is 2. The number of aliphatic hydroxyl groups is 2. The van der Waals surface area contributed by atoms with Gasteiger partial charge in [-0.3, -0.25) is 9.59 Å². The number of hydrogen-bond acceptors (Lipinski definition) is 6. The van der Waals surface area contributed by atoms with Gasteiger partial charge in [-0.25, -0.2) is 0 Å². The molecule has 0 aromatic carbocycles. The van der Waals surface area contributed by atoms with Crippen LogP contribution in [0.15, 0.2) is 23.3 Å². The van der Waals surface area contributed by atoms with E-state index in [1.807, 2.05) is 13.0 Å². The molecule has 0 amide bonds. The Bertz CT molecular complexity index is 579. The molecule has 5 atom stereocenters. The fraction of sp³-hybridized carbons (Fsp3) is 0.700. The highest BCUT2D eigenvalue weighted by Crippen LogP contribution is 2.37. The summed E-state index contributed by atoms with van der Waals surface area (Å²) in [4.78, 5) is 24.5. The highest BCUT2D eigenvalue weighted by atomic mass is 16.6. The molecule has 0 radical (unpaired) electrons. The van der Waals surface area contributed by atoms with Crippen LogP contribution < -0.4 is 0 Å². The van der Waals surface area contributed by atoms with E-state index < -0.39 is 18.1 Å². The van der Waals surface area contributed by atoms with Crippen LogP contribution in [0.5, 0.6) is 0 Å². The Morgan fingerprint density at radius 2 is 2.15 bits per heavy atom. The van der Waals surface area contributed by atoms with Gasteiger partial charge in [0.05, 0.1) is 24.9 Å². The summed E-state index contributed by atoms with van der Waals surface area (Å²) >= 11 is 0. The van der Waals surface area contributed by atoms with Crippen molar-refractivity contribution in [2.45, 2.75) is 58.7 Å². The molecule has 6 nitrogen and oxygen atoms in total. The summed E-state index contributed by atoms with van der Waals surface area (Å²) in [6, 6.07) is 0. The summed E-state index contributed by atoms with van der Waals surface area (Å²) in [7, 11) is 0. The largest absolute Gasteiger partial charge is 0.462 e. The van der Waals surface area contributed by atoms with E-state index in [9.17, 15) is 14.7 Å². The Labute approximate surface area is 154 Å². The number of allylic oxidation sites excluding steroid dienone is 1. The van der Waals surface area contributed by atoms with Gasteiger partial charge in [0.25, 0.3) is 0 Å². The SMILES string of the molecule is C/C1=C\CC/C(CO)=C/[C@H]2OC(=O)[C@@H](C)[C@@H]2[C@@H](OC(=O)C[C@H](C)CO)C1. The van der Waals surface area contributed by atoms with E-state index in [2.05, 4.69) is 6.08 Å². The van der Waals surface area contributed by atoms with Gasteiger partial charge in [0.2, 0.25) is 0 Å². The molecular weight excluding hydrogens is 336 g/mol.